The first-order valence-electron chi connectivity index (χ1n) is 5.04. The maximum atomic E-state index is 10.9. The Morgan fingerprint density at radius 2 is 2.31 bits per heavy atom. The van der Waals surface area contributed by atoms with Crippen LogP contribution in [0.1, 0.15) is 33.1 Å². The molecule has 1 amide bonds. The first kappa shape index (κ1) is 9.00. The summed E-state index contributed by atoms with van der Waals surface area (Å²) in [6.07, 6.45) is 3.02. The van der Waals surface area contributed by atoms with E-state index in [9.17, 15) is 4.79 Å². The average Bonchev–Trinajstić information content (AvgIpc) is 2.02. The number of nitrogens with one attached hydrogen (secondary N) is 1. The van der Waals surface area contributed by atoms with E-state index in [0.717, 1.165) is 19.4 Å². The molecule has 2 atom stereocenters. The van der Waals surface area contributed by atoms with Gasteiger partial charge in [0.2, 0.25) is 5.91 Å². The van der Waals surface area contributed by atoms with Gasteiger partial charge < -0.3 is 10.1 Å². The molecule has 3 heteroatoms. The third-order valence-electron chi connectivity index (χ3n) is 3.15. The minimum absolute atomic E-state index is 0.101. The van der Waals surface area contributed by atoms with Crippen molar-refractivity contribution in [1.29, 1.82) is 0 Å². The number of carbonyl (C=O) groups excluding carboxylic acids is 1. The minimum atomic E-state index is 0.101. The molecule has 0 aromatic carbocycles. The van der Waals surface area contributed by atoms with Crippen molar-refractivity contribution in [2.24, 2.45) is 5.92 Å². The minimum Gasteiger partial charge on any atom is -0.378 e. The number of β-lactam (4-membered cyclic amide) rings is 1. The fraction of sp³-hybridized carbons (Fsp3) is 0.900. The zero-order valence-corrected chi connectivity index (χ0v) is 8.30. The van der Waals surface area contributed by atoms with E-state index in [1.165, 1.54) is 0 Å². The molecule has 0 radical (unpaired) electrons. The lowest BCUT2D eigenvalue weighted by Gasteiger charge is -2.48. The Morgan fingerprint density at radius 3 is 2.85 bits per heavy atom. The Hall–Kier alpha value is -0.570. The molecular formula is C10H17NO2. The van der Waals surface area contributed by atoms with Crippen molar-refractivity contribution in [2.45, 2.75) is 44.8 Å². The van der Waals surface area contributed by atoms with Gasteiger partial charge in [-0.25, -0.2) is 0 Å². The number of amides is 1. The van der Waals surface area contributed by atoms with Crippen LogP contribution >= 0.6 is 0 Å². The second-order valence-electron chi connectivity index (χ2n) is 4.61. The van der Waals surface area contributed by atoms with Crippen LogP contribution in [0, 0.1) is 5.92 Å². The van der Waals surface area contributed by atoms with Crippen molar-refractivity contribution in [2.75, 3.05) is 6.61 Å². The Balaban J connectivity index is 1.96. The summed E-state index contributed by atoms with van der Waals surface area (Å²) < 4.78 is 5.65. The van der Waals surface area contributed by atoms with Crippen LogP contribution in [-0.2, 0) is 9.53 Å². The van der Waals surface area contributed by atoms with Crippen molar-refractivity contribution in [3.63, 3.8) is 0 Å². The van der Waals surface area contributed by atoms with Gasteiger partial charge in [0.1, 0.15) is 0 Å². The quantitative estimate of drug-likeness (QED) is 0.618. The number of ether oxygens (including phenoxy) is 1. The monoisotopic (exact) mass is 183 g/mol. The predicted octanol–water partition coefficient (Wildman–Crippen LogP) is 1.08. The maximum Gasteiger partial charge on any atom is 0.222 e. The summed E-state index contributed by atoms with van der Waals surface area (Å²) in [5.41, 5.74) is 0.101. The van der Waals surface area contributed by atoms with Crippen molar-refractivity contribution in [3.8, 4) is 0 Å². The third kappa shape index (κ3) is 1.57. The van der Waals surface area contributed by atoms with E-state index in [-0.39, 0.29) is 11.4 Å². The van der Waals surface area contributed by atoms with Crippen molar-refractivity contribution in [3.05, 3.63) is 0 Å². The van der Waals surface area contributed by atoms with Gasteiger partial charge in [-0.1, -0.05) is 13.8 Å². The lowest BCUT2D eigenvalue weighted by molar-refractivity contribution is -0.141. The zero-order chi connectivity index (χ0) is 9.47. The van der Waals surface area contributed by atoms with E-state index in [4.69, 9.17) is 4.74 Å². The summed E-state index contributed by atoms with van der Waals surface area (Å²) in [6.45, 7) is 5.14. The van der Waals surface area contributed by atoms with Crippen LogP contribution < -0.4 is 5.32 Å². The molecule has 3 nitrogen and oxygen atoms in total. The van der Waals surface area contributed by atoms with Crippen LogP contribution in [-0.4, -0.2) is 24.2 Å². The third-order valence-corrected chi connectivity index (χ3v) is 3.15. The van der Waals surface area contributed by atoms with Crippen LogP contribution in [0.5, 0.6) is 0 Å². The molecule has 2 saturated heterocycles. The molecular weight excluding hydrogens is 166 g/mol. The van der Waals surface area contributed by atoms with Crippen molar-refractivity contribution < 1.29 is 9.53 Å². The van der Waals surface area contributed by atoms with Crippen LogP contribution in [0.4, 0.5) is 0 Å². The number of hydrogen-bond acceptors (Lipinski definition) is 2. The molecule has 0 saturated carbocycles. The maximum absolute atomic E-state index is 10.9. The van der Waals surface area contributed by atoms with Crippen molar-refractivity contribution in [1.82, 2.24) is 5.32 Å². The molecule has 13 heavy (non-hydrogen) atoms. The summed E-state index contributed by atoms with van der Waals surface area (Å²) in [5, 5.41) is 3.02. The molecule has 2 heterocycles. The SMILES string of the molecule is CC(C)C1CC2(CCO1)CC(=O)N2. The highest BCUT2D eigenvalue weighted by Gasteiger charge is 2.46. The highest BCUT2D eigenvalue weighted by atomic mass is 16.5. The van der Waals surface area contributed by atoms with Crippen LogP contribution in [0.25, 0.3) is 0 Å². The Labute approximate surface area is 78.8 Å². The lowest BCUT2D eigenvalue weighted by atomic mass is 9.76. The van der Waals surface area contributed by atoms with E-state index in [1.54, 1.807) is 0 Å². The number of carbonyl (C=O) groups is 1. The van der Waals surface area contributed by atoms with Crippen LogP contribution in [0.3, 0.4) is 0 Å². The normalized spacial score (nSPS) is 39.0. The van der Waals surface area contributed by atoms with Crippen molar-refractivity contribution >= 4 is 5.91 Å². The summed E-state index contributed by atoms with van der Waals surface area (Å²) in [4.78, 5) is 10.9. The van der Waals surface area contributed by atoms with Gasteiger partial charge in [-0.2, -0.15) is 0 Å². The highest BCUT2D eigenvalue weighted by Crippen LogP contribution is 2.35. The molecule has 2 unspecified atom stereocenters. The first-order chi connectivity index (χ1) is 6.11. The fourth-order valence-electron chi connectivity index (χ4n) is 2.24. The highest BCUT2D eigenvalue weighted by molar-refractivity contribution is 5.84. The molecule has 0 aliphatic carbocycles. The average molecular weight is 183 g/mol. The van der Waals surface area contributed by atoms with E-state index in [2.05, 4.69) is 19.2 Å². The molecule has 74 valence electrons. The Morgan fingerprint density at radius 1 is 1.62 bits per heavy atom. The Kier molecular flexibility index (Phi) is 2.06. The van der Waals surface area contributed by atoms with Gasteiger partial charge >= 0.3 is 0 Å². The smallest absolute Gasteiger partial charge is 0.222 e. The predicted molar refractivity (Wildman–Crippen MR) is 49.3 cm³/mol. The van der Waals surface area contributed by atoms with Gasteiger partial charge in [0.25, 0.3) is 0 Å². The number of rotatable bonds is 1. The first-order valence-corrected chi connectivity index (χ1v) is 5.04. The fourth-order valence-corrected chi connectivity index (χ4v) is 2.24. The molecule has 1 spiro atoms. The van der Waals surface area contributed by atoms with E-state index in [0.29, 0.717) is 18.4 Å². The van der Waals surface area contributed by atoms with Gasteiger partial charge in [0.05, 0.1) is 11.6 Å². The number of hydrogen-bond donors (Lipinski definition) is 1. The van der Waals surface area contributed by atoms with Gasteiger partial charge in [0, 0.05) is 13.0 Å². The molecule has 2 fully saturated rings. The molecule has 1 N–H and O–H groups in total. The zero-order valence-electron chi connectivity index (χ0n) is 8.30. The van der Waals surface area contributed by atoms with E-state index >= 15 is 0 Å². The summed E-state index contributed by atoms with van der Waals surface area (Å²) >= 11 is 0. The van der Waals surface area contributed by atoms with Crippen LogP contribution in [0.2, 0.25) is 0 Å². The summed E-state index contributed by atoms with van der Waals surface area (Å²) in [7, 11) is 0. The van der Waals surface area contributed by atoms with Gasteiger partial charge in [-0.05, 0) is 18.8 Å². The largest absolute Gasteiger partial charge is 0.378 e. The standard InChI is InChI=1S/C10H17NO2/c1-7(2)8-5-10(3-4-13-8)6-9(12)11-10/h7-8H,3-6H2,1-2H3,(H,11,12). The van der Waals surface area contributed by atoms with Gasteiger partial charge in [-0.3, -0.25) is 4.79 Å². The second-order valence-corrected chi connectivity index (χ2v) is 4.61. The van der Waals surface area contributed by atoms with Gasteiger partial charge in [0.15, 0.2) is 0 Å². The second kappa shape index (κ2) is 2.98. The lowest BCUT2D eigenvalue weighted by Crippen LogP contribution is -2.64. The van der Waals surface area contributed by atoms with Crippen LogP contribution in [0.15, 0.2) is 0 Å². The molecule has 0 bridgehead atoms. The summed E-state index contributed by atoms with van der Waals surface area (Å²) in [5.74, 6) is 0.749. The molecule has 2 aliphatic rings. The van der Waals surface area contributed by atoms with E-state index < -0.39 is 0 Å². The van der Waals surface area contributed by atoms with E-state index in [1.807, 2.05) is 0 Å². The molecule has 2 rings (SSSR count). The Bertz CT molecular complexity index is 217. The van der Waals surface area contributed by atoms with Gasteiger partial charge in [-0.15, -0.1) is 0 Å². The summed E-state index contributed by atoms with van der Waals surface area (Å²) in [6, 6.07) is 0. The molecule has 2 aliphatic heterocycles. The topological polar surface area (TPSA) is 38.3 Å². The molecule has 0 aromatic heterocycles. The molecule has 0 aromatic rings.